The van der Waals surface area contributed by atoms with E-state index < -0.39 is 5.82 Å². The molecule has 0 aliphatic carbocycles. The molecule has 3 aromatic rings. The van der Waals surface area contributed by atoms with Crippen molar-refractivity contribution < 1.29 is 13.9 Å². The number of aromatic amines is 1. The number of hydrogen-bond donors (Lipinski definition) is 2. The van der Waals surface area contributed by atoms with Gasteiger partial charge in [0.25, 0.3) is 5.91 Å². The quantitative estimate of drug-likeness (QED) is 0.772. The molecule has 7 heteroatoms. The molecular weight excluding hydrogens is 287 g/mol. The van der Waals surface area contributed by atoms with Crippen molar-refractivity contribution in [3.8, 4) is 5.75 Å². The lowest BCUT2D eigenvalue weighted by atomic mass is 10.2. The second-order valence-electron chi connectivity index (χ2n) is 4.59. The molecule has 22 heavy (non-hydrogen) atoms. The van der Waals surface area contributed by atoms with E-state index in [9.17, 15) is 9.18 Å². The van der Waals surface area contributed by atoms with Gasteiger partial charge >= 0.3 is 0 Å². The zero-order chi connectivity index (χ0) is 15.5. The number of carbonyl (C=O) groups excluding carboxylic acids is 1. The molecule has 0 bridgehead atoms. The summed E-state index contributed by atoms with van der Waals surface area (Å²) in [7, 11) is 1.35. The van der Waals surface area contributed by atoms with Gasteiger partial charge in [0.15, 0.2) is 17.2 Å². The Kier molecular flexibility index (Phi) is 3.69. The highest BCUT2D eigenvalue weighted by Gasteiger charge is 2.11. The Morgan fingerprint density at radius 2 is 2.27 bits per heavy atom. The van der Waals surface area contributed by atoms with E-state index in [0.717, 1.165) is 5.52 Å². The number of hydrogen-bond acceptors (Lipinski definition) is 4. The van der Waals surface area contributed by atoms with Crippen LogP contribution >= 0.6 is 0 Å². The van der Waals surface area contributed by atoms with Gasteiger partial charge in [0, 0.05) is 11.8 Å². The fraction of sp³-hybridized carbons (Fsp3) is 0.133. The molecule has 0 spiro atoms. The molecule has 0 unspecified atom stereocenters. The Morgan fingerprint density at radius 1 is 1.41 bits per heavy atom. The first-order valence-corrected chi connectivity index (χ1v) is 6.58. The zero-order valence-corrected chi connectivity index (χ0v) is 11.8. The van der Waals surface area contributed by atoms with Crippen molar-refractivity contribution in [3.63, 3.8) is 0 Å². The van der Waals surface area contributed by atoms with Gasteiger partial charge in [-0.2, -0.15) is 0 Å². The highest BCUT2D eigenvalue weighted by molar-refractivity contribution is 5.94. The minimum atomic E-state index is -0.512. The van der Waals surface area contributed by atoms with Gasteiger partial charge in [0.2, 0.25) is 0 Å². The van der Waals surface area contributed by atoms with Crippen molar-refractivity contribution in [3.05, 3.63) is 53.7 Å². The molecule has 2 heterocycles. The van der Waals surface area contributed by atoms with Gasteiger partial charge in [-0.15, -0.1) is 0 Å². The molecule has 0 radical (unpaired) electrons. The van der Waals surface area contributed by atoms with Gasteiger partial charge in [-0.25, -0.2) is 14.4 Å². The van der Waals surface area contributed by atoms with Crippen molar-refractivity contribution in [2.75, 3.05) is 7.11 Å². The molecule has 0 aliphatic heterocycles. The van der Waals surface area contributed by atoms with Crippen molar-refractivity contribution in [2.45, 2.75) is 6.54 Å². The summed E-state index contributed by atoms with van der Waals surface area (Å²) in [6, 6.07) is 7.59. The number of carbonyl (C=O) groups is 1. The minimum Gasteiger partial charge on any atom is -0.494 e. The van der Waals surface area contributed by atoms with Gasteiger partial charge in [-0.1, -0.05) is 0 Å². The van der Waals surface area contributed by atoms with Crippen molar-refractivity contribution in [1.29, 1.82) is 0 Å². The monoisotopic (exact) mass is 300 g/mol. The van der Waals surface area contributed by atoms with E-state index in [1.807, 2.05) is 6.07 Å². The van der Waals surface area contributed by atoms with Crippen LogP contribution in [0.5, 0.6) is 5.75 Å². The largest absolute Gasteiger partial charge is 0.494 e. The number of H-pyrrole nitrogens is 1. The molecule has 0 aliphatic rings. The highest BCUT2D eigenvalue weighted by Crippen LogP contribution is 2.18. The van der Waals surface area contributed by atoms with Crippen LogP contribution in [0.2, 0.25) is 0 Å². The summed E-state index contributed by atoms with van der Waals surface area (Å²) < 4.78 is 18.2. The van der Waals surface area contributed by atoms with Crippen LogP contribution in [0.15, 0.2) is 36.5 Å². The predicted molar refractivity (Wildman–Crippen MR) is 78.0 cm³/mol. The molecule has 0 saturated heterocycles. The fourth-order valence-corrected chi connectivity index (χ4v) is 2.05. The van der Waals surface area contributed by atoms with Crippen LogP contribution < -0.4 is 10.1 Å². The first-order chi connectivity index (χ1) is 10.7. The second-order valence-corrected chi connectivity index (χ2v) is 4.59. The number of benzene rings is 1. The zero-order valence-electron chi connectivity index (χ0n) is 11.8. The molecule has 112 valence electrons. The van der Waals surface area contributed by atoms with E-state index in [2.05, 4.69) is 20.3 Å². The van der Waals surface area contributed by atoms with E-state index >= 15 is 0 Å². The molecular formula is C15H13FN4O2. The number of methoxy groups -OCH3 is 1. The summed E-state index contributed by atoms with van der Waals surface area (Å²) >= 11 is 0. The summed E-state index contributed by atoms with van der Waals surface area (Å²) in [4.78, 5) is 23.5. The Morgan fingerprint density at radius 3 is 3.05 bits per heavy atom. The number of halogens is 1. The summed E-state index contributed by atoms with van der Waals surface area (Å²) in [6.07, 6.45) is 1.65. The Hall–Kier alpha value is -2.96. The van der Waals surface area contributed by atoms with E-state index in [1.165, 1.54) is 25.3 Å². The van der Waals surface area contributed by atoms with Crippen LogP contribution in [0.25, 0.3) is 11.2 Å². The van der Waals surface area contributed by atoms with Gasteiger partial charge in [0.05, 0.1) is 19.2 Å². The lowest BCUT2D eigenvalue weighted by Crippen LogP contribution is -2.23. The van der Waals surface area contributed by atoms with Gasteiger partial charge < -0.3 is 15.0 Å². The van der Waals surface area contributed by atoms with Gasteiger partial charge in [-0.3, -0.25) is 4.79 Å². The normalized spacial score (nSPS) is 10.6. The van der Waals surface area contributed by atoms with Gasteiger partial charge in [0.1, 0.15) is 5.82 Å². The maximum atomic E-state index is 13.3. The number of fused-ring (bicyclic) bond motifs is 1. The molecule has 0 saturated carbocycles. The number of aromatic nitrogens is 3. The number of imidazole rings is 1. The van der Waals surface area contributed by atoms with E-state index in [1.54, 1.807) is 12.3 Å². The summed E-state index contributed by atoms with van der Waals surface area (Å²) in [5.74, 6) is -0.231. The lowest BCUT2D eigenvalue weighted by molar-refractivity contribution is 0.0949. The number of nitrogens with one attached hydrogen (secondary N) is 2. The average molecular weight is 300 g/mol. The summed E-state index contributed by atoms with van der Waals surface area (Å²) in [5, 5.41) is 2.71. The first-order valence-electron chi connectivity index (χ1n) is 6.58. The van der Waals surface area contributed by atoms with Crippen molar-refractivity contribution >= 4 is 17.1 Å². The molecule has 0 atom stereocenters. The summed E-state index contributed by atoms with van der Waals surface area (Å²) in [6.45, 7) is 0.217. The Labute approximate surface area is 125 Å². The third kappa shape index (κ3) is 2.73. The van der Waals surface area contributed by atoms with Crippen LogP contribution in [0, 0.1) is 5.82 Å². The maximum Gasteiger partial charge on any atom is 0.251 e. The third-order valence-corrected chi connectivity index (χ3v) is 3.14. The number of rotatable bonds is 4. The van der Waals surface area contributed by atoms with Crippen LogP contribution in [0.4, 0.5) is 4.39 Å². The van der Waals surface area contributed by atoms with Crippen LogP contribution in [0.3, 0.4) is 0 Å². The third-order valence-electron chi connectivity index (χ3n) is 3.14. The number of ether oxygens (including phenoxy) is 1. The Bertz CT molecular complexity index is 798. The Balaban J connectivity index is 1.71. The van der Waals surface area contributed by atoms with Crippen LogP contribution in [-0.4, -0.2) is 28.0 Å². The van der Waals surface area contributed by atoms with Crippen LogP contribution in [-0.2, 0) is 6.54 Å². The summed E-state index contributed by atoms with van der Waals surface area (Å²) in [5.41, 5.74) is 1.71. The van der Waals surface area contributed by atoms with Crippen molar-refractivity contribution in [1.82, 2.24) is 20.3 Å². The van der Waals surface area contributed by atoms with E-state index in [4.69, 9.17) is 4.74 Å². The van der Waals surface area contributed by atoms with Gasteiger partial charge in [-0.05, 0) is 30.3 Å². The average Bonchev–Trinajstić information content (AvgIpc) is 2.96. The first kappa shape index (κ1) is 14.0. The van der Waals surface area contributed by atoms with Crippen LogP contribution in [0.1, 0.15) is 16.2 Å². The molecule has 2 N–H and O–H groups in total. The molecule has 6 nitrogen and oxygen atoms in total. The topological polar surface area (TPSA) is 79.9 Å². The predicted octanol–water partition coefficient (Wildman–Crippen LogP) is 2.04. The highest BCUT2D eigenvalue weighted by atomic mass is 19.1. The lowest BCUT2D eigenvalue weighted by Gasteiger charge is -2.06. The molecule has 0 fully saturated rings. The van der Waals surface area contributed by atoms with Crippen molar-refractivity contribution in [2.24, 2.45) is 0 Å². The molecule has 1 amide bonds. The van der Waals surface area contributed by atoms with E-state index in [-0.39, 0.29) is 18.2 Å². The maximum absolute atomic E-state index is 13.3. The standard InChI is InChI=1S/C15H13FN4O2/c1-22-12-7-9(4-5-10(12)16)15(21)18-8-13-19-11-3-2-6-17-14(11)20-13/h2-7H,8H2,1H3,(H,18,21)(H,17,19,20). The number of amides is 1. The molecule has 3 rings (SSSR count). The fourth-order valence-electron chi connectivity index (χ4n) is 2.05. The number of nitrogens with zero attached hydrogens (tertiary/aromatic N) is 2. The second kappa shape index (κ2) is 5.80. The SMILES string of the molecule is COc1cc(C(=O)NCc2nc3ncccc3[nH]2)ccc1F. The van der Waals surface area contributed by atoms with E-state index in [0.29, 0.717) is 17.0 Å². The number of pyridine rings is 1. The molecule has 2 aromatic heterocycles. The minimum absolute atomic E-state index is 0.0283. The smallest absolute Gasteiger partial charge is 0.251 e. The molecule has 1 aromatic carbocycles.